The van der Waals surface area contributed by atoms with Crippen LogP contribution in [0.25, 0.3) is 0 Å². The van der Waals surface area contributed by atoms with Crippen molar-refractivity contribution in [3.63, 3.8) is 0 Å². The van der Waals surface area contributed by atoms with E-state index in [1.807, 2.05) is 39.0 Å². The number of sulfonamides is 1. The molecular weight excluding hydrogens is 495 g/mol. The highest BCUT2D eigenvalue weighted by molar-refractivity contribution is 7.92. The molecule has 0 aromatic heterocycles. The van der Waals surface area contributed by atoms with Gasteiger partial charge in [-0.1, -0.05) is 53.0 Å². The SMILES string of the molecule is Cc1ccc(S(=O)(=O)N(CC(=O)NCCOc2cccc(C)c2C)c2cc(Cl)ccc2Cl)cc1. The zero-order valence-electron chi connectivity index (χ0n) is 19.1. The van der Waals surface area contributed by atoms with Crippen molar-refractivity contribution in [2.45, 2.75) is 25.7 Å². The number of aryl methyl sites for hydroxylation is 2. The molecule has 34 heavy (non-hydrogen) atoms. The molecule has 0 aliphatic carbocycles. The molecule has 0 saturated carbocycles. The van der Waals surface area contributed by atoms with Crippen LogP contribution in [0.3, 0.4) is 0 Å². The first-order valence-electron chi connectivity index (χ1n) is 10.6. The largest absolute Gasteiger partial charge is 0.491 e. The van der Waals surface area contributed by atoms with E-state index in [0.717, 1.165) is 26.7 Å². The fourth-order valence-electron chi connectivity index (χ4n) is 3.23. The van der Waals surface area contributed by atoms with Gasteiger partial charge in [-0.3, -0.25) is 9.10 Å². The van der Waals surface area contributed by atoms with Gasteiger partial charge in [-0.2, -0.15) is 0 Å². The Labute approximate surface area is 210 Å². The minimum absolute atomic E-state index is 0.0419. The van der Waals surface area contributed by atoms with Gasteiger partial charge in [-0.05, 0) is 68.3 Å². The van der Waals surface area contributed by atoms with E-state index < -0.39 is 22.5 Å². The Bertz CT molecular complexity index is 1280. The molecule has 0 bridgehead atoms. The molecule has 0 heterocycles. The number of carbonyl (C=O) groups is 1. The lowest BCUT2D eigenvalue weighted by Gasteiger charge is -2.25. The highest BCUT2D eigenvalue weighted by Crippen LogP contribution is 2.33. The Balaban J connectivity index is 1.76. The van der Waals surface area contributed by atoms with Crippen molar-refractivity contribution in [3.8, 4) is 5.75 Å². The van der Waals surface area contributed by atoms with Crippen LogP contribution in [-0.2, 0) is 14.8 Å². The minimum atomic E-state index is -4.09. The van der Waals surface area contributed by atoms with Crippen LogP contribution in [0.1, 0.15) is 16.7 Å². The molecule has 0 aliphatic rings. The number of rotatable bonds is 9. The lowest BCUT2D eigenvalue weighted by Crippen LogP contribution is -2.42. The average Bonchev–Trinajstić information content (AvgIpc) is 2.79. The molecule has 3 aromatic carbocycles. The van der Waals surface area contributed by atoms with Crippen LogP contribution in [0.5, 0.6) is 5.75 Å². The van der Waals surface area contributed by atoms with Crippen molar-refractivity contribution in [2.75, 3.05) is 24.0 Å². The van der Waals surface area contributed by atoms with Gasteiger partial charge >= 0.3 is 0 Å². The highest BCUT2D eigenvalue weighted by Gasteiger charge is 2.29. The molecule has 9 heteroatoms. The summed E-state index contributed by atoms with van der Waals surface area (Å²) < 4.78 is 33.6. The first-order valence-corrected chi connectivity index (χ1v) is 12.8. The van der Waals surface area contributed by atoms with E-state index in [9.17, 15) is 13.2 Å². The molecule has 0 spiro atoms. The van der Waals surface area contributed by atoms with E-state index in [-0.39, 0.29) is 28.8 Å². The van der Waals surface area contributed by atoms with Crippen molar-refractivity contribution < 1.29 is 17.9 Å². The van der Waals surface area contributed by atoms with Gasteiger partial charge in [0.1, 0.15) is 18.9 Å². The normalized spacial score (nSPS) is 11.2. The molecule has 0 unspecified atom stereocenters. The van der Waals surface area contributed by atoms with Crippen LogP contribution >= 0.6 is 23.2 Å². The summed E-state index contributed by atoms with van der Waals surface area (Å²) in [6.07, 6.45) is 0. The highest BCUT2D eigenvalue weighted by atomic mass is 35.5. The Morgan fingerprint density at radius 3 is 2.41 bits per heavy atom. The van der Waals surface area contributed by atoms with Crippen LogP contribution in [0.2, 0.25) is 10.0 Å². The lowest BCUT2D eigenvalue weighted by atomic mass is 10.1. The molecule has 0 radical (unpaired) electrons. The number of halogens is 2. The van der Waals surface area contributed by atoms with Crippen molar-refractivity contribution in [1.29, 1.82) is 0 Å². The Morgan fingerprint density at radius 1 is 1.00 bits per heavy atom. The average molecular weight is 521 g/mol. The molecule has 0 atom stereocenters. The first kappa shape index (κ1) is 25.9. The van der Waals surface area contributed by atoms with Gasteiger partial charge in [-0.25, -0.2) is 8.42 Å². The summed E-state index contributed by atoms with van der Waals surface area (Å²) in [5, 5.41) is 3.16. The summed E-state index contributed by atoms with van der Waals surface area (Å²) in [6, 6.07) is 16.6. The number of ether oxygens (including phenoxy) is 1. The molecule has 1 amide bonds. The Morgan fingerprint density at radius 2 is 1.71 bits per heavy atom. The Hall–Kier alpha value is -2.74. The van der Waals surface area contributed by atoms with Crippen LogP contribution in [-0.4, -0.2) is 34.0 Å². The molecule has 3 rings (SSSR count). The van der Waals surface area contributed by atoms with E-state index in [1.165, 1.54) is 24.3 Å². The van der Waals surface area contributed by atoms with Gasteiger partial charge in [0.05, 0.1) is 22.2 Å². The van der Waals surface area contributed by atoms with Crippen molar-refractivity contribution in [3.05, 3.63) is 87.4 Å². The maximum Gasteiger partial charge on any atom is 0.264 e. The third-order valence-electron chi connectivity index (χ3n) is 5.31. The van der Waals surface area contributed by atoms with E-state index >= 15 is 0 Å². The summed E-state index contributed by atoms with van der Waals surface area (Å²) in [5.74, 6) is 0.236. The quantitative estimate of drug-likeness (QED) is 0.388. The van der Waals surface area contributed by atoms with Crippen molar-refractivity contribution in [1.82, 2.24) is 5.32 Å². The van der Waals surface area contributed by atoms with Gasteiger partial charge in [0.25, 0.3) is 10.0 Å². The number of hydrogen-bond acceptors (Lipinski definition) is 4. The standard InChI is InChI=1S/C25H26Cl2N2O4S/c1-17-7-10-21(11-8-17)34(31,32)29(23-15-20(26)9-12-22(23)27)16-25(30)28-13-14-33-24-6-4-5-18(2)19(24)3/h4-12,15H,13-14,16H2,1-3H3,(H,28,30). The van der Waals surface area contributed by atoms with Gasteiger partial charge in [0.15, 0.2) is 0 Å². The minimum Gasteiger partial charge on any atom is -0.491 e. The van der Waals surface area contributed by atoms with Gasteiger partial charge in [-0.15, -0.1) is 0 Å². The van der Waals surface area contributed by atoms with Crippen molar-refractivity contribution >= 4 is 44.8 Å². The summed E-state index contributed by atoms with van der Waals surface area (Å²) in [5.41, 5.74) is 3.17. The van der Waals surface area contributed by atoms with Gasteiger partial charge in [0.2, 0.25) is 5.91 Å². The summed E-state index contributed by atoms with van der Waals surface area (Å²) >= 11 is 12.4. The lowest BCUT2D eigenvalue weighted by molar-refractivity contribution is -0.119. The maximum absolute atomic E-state index is 13.4. The number of hydrogen-bond donors (Lipinski definition) is 1. The number of nitrogens with one attached hydrogen (secondary N) is 1. The summed E-state index contributed by atoms with van der Waals surface area (Å²) in [6.45, 7) is 5.78. The molecule has 1 N–H and O–H groups in total. The van der Waals surface area contributed by atoms with Crippen LogP contribution < -0.4 is 14.4 Å². The monoisotopic (exact) mass is 520 g/mol. The molecule has 0 aliphatic heterocycles. The molecule has 0 fully saturated rings. The van der Waals surface area contributed by atoms with Crippen LogP contribution in [0.15, 0.2) is 65.6 Å². The summed E-state index contributed by atoms with van der Waals surface area (Å²) in [4.78, 5) is 12.8. The van der Waals surface area contributed by atoms with Crippen LogP contribution in [0, 0.1) is 20.8 Å². The molecule has 3 aromatic rings. The van der Waals surface area contributed by atoms with Crippen LogP contribution in [0.4, 0.5) is 5.69 Å². The number of benzene rings is 3. The number of carbonyl (C=O) groups excluding carboxylic acids is 1. The second-order valence-corrected chi connectivity index (χ2v) is 10.5. The molecule has 6 nitrogen and oxygen atoms in total. The van der Waals surface area contributed by atoms with E-state index in [1.54, 1.807) is 18.2 Å². The number of anilines is 1. The van der Waals surface area contributed by atoms with Crippen molar-refractivity contribution in [2.24, 2.45) is 0 Å². The van der Waals surface area contributed by atoms with E-state index in [0.29, 0.717) is 5.02 Å². The maximum atomic E-state index is 13.4. The summed E-state index contributed by atoms with van der Waals surface area (Å²) in [7, 11) is -4.09. The fourth-order valence-corrected chi connectivity index (χ4v) is 5.10. The molecular formula is C25H26Cl2N2O4S. The fraction of sp³-hybridized carbons (Fsp3) is 0.240. The predicted molar refractivity (Wildman–Crippen MR) is 137 cm³/mol. The van der Waals surface area contributed by atoms with Gasteiger partial charge < -0.3 is 10.1 Å². The van der Waals surface area contributed by atoms with E-state index in [2.05, 4.69) is 5.32 Å². The number of amides is 1. The first-order chi connectivity index (χ1) is 16.1. The third kappa shape index (κ3) is 6.23. The zero-order chi connectivity index (χ0) is 24.9. The molecule has 0 saturated heterocycles. The number of nitrogens with zero attached hydrogens (tertiary/aromatic N) is 1. The van der Waals surface area contributed by atoms with Gasteiger partial charge in [0, 0.05) is 5.02 Å². The predicted octanol–water partition coefficient (Wildman–Crippen LogP) is 5.31. The second kappa shape index (κ2) is 11.1. The second-order valence-electron chi connectivity index (χ2n) is 7.82. The van der Waals surface area contributed by atoms with E-state index in [4.69, 9.17) is 27.9 Å². The third-order valence-corrected chi connectivity index (χ3v) is 7.64. The Kier molecular flexibility index (Phi) is 8.47. The smallest absolute Gasteiger partial charge is 0.264 e. The topological polar surface area (TPSA) is 75.7 Å². The zero-order valence-corrected chi connectivity index (χ0v) is 21.5. The molecule has 180 valence electrons.